The lowest BCUT2D eigenvalue weighted by Gasteiger charge is -2.23. The van der Waals surface area contributed by atoms with Gasteiger partial charge in [-0.15, -0.1) is 0 Å². The number of rotatable bonds is 3. The van der Waals surface area contributed by atoms with E-state index in [1.54, 1.807) is 31.3 Å². The van der Waals surface area contributed by atoms with Crippen LogP contribution in [0.1, 0.15) is 0 Å². The monoisotopic (exact) mass is 254 g/mol. The maximum absolute atomic E-state index is 12.3. The molecule has 0 saturated heterocycles. The highest BCUT2D eigenvalue weighted by molar-refractivity contribution is 6.12. The summed E-state index contributed by atoms with van der Waals surface area (Å²) in [4.78, 5) is 26.0. The molecule has 4 heteroatoms. The quantitative estimate of drug-likeness (QED) is 0.790. The zero-order valence-corrected chi connectivity index (χ0v) is 10.6. The van der Waals surface area contributed by atoms with Gasteiger partial charge in [-0.1, -0.05) is 36.4 Å². The Labute approximate surface area is 111 Å². The minimum atomic E-state index is -0.396. The van der Waals surface area contributed by atoms with Gasteiger partial charge in [-0.25, -0.2) is 9.69 Å². The number of hydrogen-bond acceptors (Lipinski definition) is 2. The zero-order chi connectivity index (χ0) is 13.7. The van der Waals surface area contributed by atoms with Crippen molar-refractivity contribution in [3.05, 3.63) is 60.7 Å². The zero-order valence-electron chi connectivity index (χ0n) is 10.6. The summed E-state index contributed by atoms with van der Waals surface area (Å²) < 4.78 is 0. The van der Waals surface area contributed by atoms with Crippen LogP contribution in [-0.2, 0) is 4.79 Å². The highest BCUT2D eigenvalue weighted by Gasteiger charge is 2.19. The van der Waals surface area contributed by atoms with Gasteiger partial charge in [-0.2, -0.15) is 0 Å². The molecule has 0 bridgehead atoms. The van der Waals surface area contributed by atoms with Crippen molar-refractivity contribution in [2.24, 2.45) is 0 Å². The predicted octanol–water partition coefficient (Wildman–Crippen LogP) is 2.91. The van der Waals surface area contributed by atoms with Gasteiger partial charge in [0, 0.05) is 12.7 Å². The van der Waals surface area contributed by atoms with Crippen molar-refractivity contribution in [2.75, 3.05) is 16.8 Å². The average molecular weight is 254 g/mol. The Balaban J connectivity index is 2.25. The fourth-order valence-electron chi connectivity index (χ4n) is 1.73. The molecular formula is C15H14N2O2. The molecule has 0 spiro atoms. The summed E-state index contributed by atoms with van der Waals surface area (Å²) in [7, 11) is 1.64. The van der Waals surface area contributed by atoms with Gasteiger partial charge in [0.2, 0.25) is 6.41 Å². The summed E-state index contributed by atoms with van der Waals surface area (Å²) in [5, 5.41) is 0. The molecule has 0 heterocycles. The Hall–Kier alpha value is -2.62. The summed E-state index contributed by atoms with van der Waals surface area (Å²) in [5.41, 5.74) is 1.28. The van der Waals surface area contributed by atoms with Crippen LogP contribution in [0.2, 0.25) is 0 Å². The van der Waals surface area contributed by atoms with E-state index in [2.05, 4.69) is 0 Å². The topological polar surface area (TPSA) is 40.6 Å². The SMILES string of the molecule is CN(C(=O)N(C=O)c1ccccc1)c1ccccc1. The van der Waals surface area contributed by atoms with E-state index in [9.17, 15) is 9.59 Å². The van der Waals surface area contributed by atoms with E-state index in [0.717, 1.165) is 10.6 Å². The molecule has 0 atom stereocenters. The molecule has 0 fully saturated rings. The summed E-state index contributed by atoms with van der Waals surface area (Å²) in [5.74, 6) is 0. The normalized spacial score (nSPS) is 9.74. The van der Waals surface area contributed by atoms with Gasteiger partial charge in [0.1, 0.15) is 0 Å². The highest BCUT2D eigenvalue weighted by atomic mass is 16.2. The molecule has 19 heavy (non-hydrogen) atoms. The fourth-order valence-corrected chi connectivity index (χ4v) is 1.73. The van der Waals surface area contributed by atoms with Crippen molar-refractivity contribution in [1.29, 1.82) is 0 Å². The van der Waals surface area contributed by atoms with Crippen LogP contribution in [-0.4, -0.2) is 19.5 Å². The molecule has 0 N–H and O–H groups in total. The van der Waals surface area contributed by atoms with Crippen LogP contribution in [0.5, 0.6) is 0 Å². The first kappa shape index (κ1) is 12.8. The Kier molecular flexibility index (Phi) is 3.93. The molecule has 0 aliphatic carbocycles. The first-order valence-corrected chi connectivity index (χ1v) is 5.86. The number of carbonyl (C=O) groups excluding carboxylic acids is 2. The maximum Gasteiger partial charge on any atom is 0.335 e. The number of hydrogen-bond donors (Lipinski definition) is 0. The third-order valence-corrected chi connectivity index (χ3v) is 2.78. The summed E-state index contributed by atoms with van der Waals surface area (Å²) in [6.45, 7) is 0. The third-order valence-electron chi connectivity index (χ3n) is 2.78. The fraction of sp³-hybridized carbons (Fsp3) is 0.0667. The molecule has 0 unspecified atom stereocenters. The largest absolute Gasteiger partial charge is 0.335 e. The number of para-hydroxylation sites is 2. The van der Waals surface area contributed by atoms with Gasteiger partial charge < -0.3 is 0 Å². The highest BCUT2D eigenvalue weighted by Crippen LogP contribution is 2.17. The second kappa shape index (κ2) is 5.82. The standard InChI is InChI=1S/C15H14N2O2/c1-16(13-8-4-2-5-9-13)15(19)17(12-18)14-10-6-3-7-11-14/h2-12H,1H3. The molecule has 0 aromatic heterocycles. The van der Waals surface area contributed by atoms with E-state index in [4.69, 9.17) is 0 Å². The average Bonchev–Trinajstić information content (AvgIpc) is 2.49. The third kappa shape index (κ3) is 2.80. The lowest BCUT2D eigenvalue weighted by molar-refractivity contribution is -0.106. The predicted molar refractivity (Wildman–Crippen MR) is 75.2 cm³/mol. The lowest BCUT2D eigenvalue weighted by Crippen LogP contribution is -2.40. The molecular weight excluding hydrogens is 240 g/mol. The van der Waals surface area contributed by atoms with Crippen molar-refractivity contribution < 1.29 is 9.59 Å². The van der Waals surface area contributed by atoms with Gasteiger partial charge in [-0.05, 0) is 24.3 Å². The van der Waals surface area contributed by atoms with Crippen LogP contribution < -0.4 is 9.80 Å². The number of imide groups is 1. The molecule has 0 saturated carbocycles. The van der Waals surface area contributed by atoms with Crippen molar-refractivity contribution >= 4 is 23.8 Å². The van der Waals surface area contributed by atoms with Gasteiger partial charge in [0.15, 0.2) is 0 Å². The maximum atomic E-state index is 12.3. The van der Waals surface area contributed by atoms with Crippen LogP contribution in [0, 0.1) is 0 Å². The number of urea groups is 1. The van der Waals surface area contributed by atoms with Crippen molar-refractivity contribution in [1.82, 2.24) is 0 Å². The van der Waals surface area contributed by atoms with Crippen molar-refractivity contribution in [2.45, 2.75) is 0 Å². The van der Waals surface area contributed by atoms with E-state index in [1.807, 2.05) is 36.4 Å². The second-order valence-corrected chi connectivity index (χ2v) is 3.99. The smallest absolute Gasteiger partial charge is 0.297 e. The Morgan fingerprint density at radius 2 is 1.37 bits per heavy atom. The van der Waals surface area contributed by atoms with E-state index in [0.29, 0.717) is 12.1 Å². The van der Waals surface area contributed by atoms with E-state index >= 15 is 0 Å². The molecule has 2 aromatic rings. The van der Waals surface area contributed by atoms with Gasteiger partial charge in [0.25, 0.3) is 0 Å². The van der Waals surface area contributed by atoms with Crippen LogP contribution >= 0.6 is 0 Å². The van der Waals surface area contributed by atoms with Crippen LogP contribution in [0.4, 0.5) is 16.2 Å². The minimum Gasteiger partial charge on any atom is -0.297 e. The van der Waals surface area contributed by atoms with Crippen LogP contribution in [0.15, 0.2) is 60.7 Å². The van der Waals surface area contributed by atoms with Gasteiger partial charge >= 0.3 is 6.03 Å². The molecule has 0 aliphatic rings. The Bertz CT molecular complexity index is 555. The first-order valence-electron chi connectivity index (χ1n) is 5.86. The summed E-state index contributed by atoms with van der Waals surface area (Å²) >= 11 is 0. The number of amides is 3. The Morgan fingerprint density at radius 3 is 1.84 bits per heavy atom. The van der Waals surface area contributed by atoms with Crippen LogP contribution in [0.25, 0.3) is 0 Å². The number of nitrogens with zero attached hydrogens (tertiary/aromatic N) is 2. The Morgan fingerprint density at radius 1 is 0.895 bits per heavy atom. The summed E-state index contributed by atoms with van der Waals surface area (Å²) in [6.07, 6.45) is 0.525. The van der Waals surface area contributed by atoms with E-state index in [-0.39, 0.29) is 0 Å². The van der Waals surface area contributed by atoms with Crippen molar-refractivity contribution in [3.63, 3.8) is 0 Å². The molecule has 2 aromatic carbocycles. The second-order valence-electron chi connectivity index (χ2n) is 3.99. The van der Waals surface area contributed by atoms with E-state index in [1.165, 1.54) is 4.90 Å². The number of carbonyl (C=O) groups is 2. The minimum absolute atomic E-state index is 0.396. The number of anilines is 2. The molecule has 0 radical (unpaired) electrons. The lowest BCUT2D eigenvalue weighted by atomic mass is 10.3. The van der Waals surface area contributed by atoms with Gasteiger partial charge in [-0.3, -0.25) is 9.69 Å². The molecule has 2 rings (SSSR count). The number of benzene rings is 2. The van der Waals surface area contributed by atoms with E-state index < -0.39 is 6.03 Å². The first-order chi connectivity index (χ1) is 9.24. The van der Waals surface area contributed by atoms with Crippen molar-refractivity contribution in [3.8, 4) is 0 Å². The van der Waals surface area contributed by atoms with Gasteiger partial charge in [0.05, 0.1) is 5.69 Å². The molecule has 96 valence electrons. The van der Waals surface area contributed by atoms with Crippen LogP contribution in [0.3, 0.4) is 0 Å². The molecule has 0 aliphatic heterocycles. The summed E-state index contributed by atoms with van der Waals surface area (Å²) in [6, 6.07) is 17.6. The molecule has 3 amide bonds. The molecule has 4 nitrogen and oxygen atoms in total.